The van der Waals surface area contributed by atoms with Crippen molar-refractivity contribution in [1.29, 1.82) is 0 Å². The van der Waals surface area contributed by atoms with Crippen molar-refractivity contribution in [2.45, 2.75) is 38.3 Å². The SMILES string of the molecule is COc1ccc2c(c1)C(c1ccc(Cl)cc1)=NC(CC(=O)NCc1ccc(O)c(O)c1)C1NNC(C)N21. The molecule has 2 heterocycles. The van der Waals surface area contributed by atoms with Crippen LogP contribution in [0.1, 0.15) is 30.0 Å². The van der Waals surface area contributed by atoms with E-state index in [1.807, 2.05) is 49.4 Å². The topological polar surface area (TPSA) is 118 Å². The summed E-state index contributed by atoms with van der Waals surface area (Å²) < 4.78 is 5.52. The number of carbonyl (C=O) groups is 1. The van der Waals surface area contributed by atoms with Crippen molar-refractivity contribution < 1.29 is 19.7 Å². The van der Waals surface area contributed by atoms with Crippen LogP contribution >= 0.6 is 11.6 Å². The molecule has 3 aromatic carbocycles. The van der Waals surface area contributed by atoms with Gasteiger partial charge in [-0.05, 0) is 55.0 Å². The maximum absolute atomic E-state index is 13.1. The summed E-state index contributed by atoms with van der Waals surface area (Å²) in [6.45, 7) is 2.25. The van der Waals surface area contributed by atoms with Gasteiger partial charge in [0.05, 0.1) is 31.4 Å². The molecule has 1 fully saturated rings. The molecule has 2 aliphatic rings. The fraction of sp³-hybridized carbons (Fsp3) is 0.259. The number of halogens is 1. The van der Waals surface area contributed by atoms with Crippen molar-refractivity contribution in [3.63, 3.8) is 0 Å². The molecule has 0 bridgehead atoms. The van der Waals surface area contributed by atoms with Gasteiger partial charge in [0.15, 0.2) is 11.5 Å². The minimum atomic E-state index is -0.435. The van der Waals surface area contributed by atoms with Crippen LogP contribution in [-0.2, 0) is 11.3 Å². The van der Waals surface area contributed by atoms with E-state index in [-0.39, 0.29) is 42.7 Å². The van der Waals surface area contributed by atoms with E-state index >= 15 is 0 Å². The highest BCUT2D eigenvalue weighted by Crippen LogP contribution is 2.36. The summed E-state index contributed by atoms with van der Waals surface area (Å²) in [7, 11) is 1.63. The molecule has 9 nitrogen and oxygen atoms in total. The Kier molecular flexibility index (Phi) is 6.92. The van der Waals surface area contributed by atoms with Gasteiger partial charge in [-0.15, -0.1) is 0 Å². The van der Waals surface area contributed by atoms with Crippen molar-refractivity contribution in [2.75, 3.05) is 12.0 Å². The summed E-state index contributed by atoms with van der Waals surface area (Å²) in [5.41, 5.74) is 10.7. The molecule has 3 aromatic rings. The molecule has 3 unspecified atom stereocenters. The number of fused-ring (bicyclic) bond motifs is 3. The monoisotopic (exact) mass is 521 g/mol. The van der Waals surface area contributed by atoms with Gasteiger partial charge in [0.2, 0.25) is 5.91 Å². The van der Waals surface area contributed by atoms with Crippen LogP contribution in [0.15, 0.2) is 65.7 Å². The van der Waals surface area contributed by atoms with Crippen LogP contribution in [0.3, 0.4) is 0 Å². The zero-order chi connectivity index (χ0) is 26.1. The predicted molar refractivity (Wildman–Crippen MR) is 142 cm³/mol. The molecule has 0 aromatic heterocycles. The van der Waals surface area contributed by atoms with Crippen molar-refractivity contribution in [3.05, 3.63) is 82.4 Å². The first-order valence-electron chi connectivity index (χ1n) is 11.9. The highest BCUT2D eigenvalue weighted by Gasteiger charge is 2.40. The lowest BCUT2D eigenvalue weighted by atomic mass is 9.99. The van der Waals surface area contributed by atoms with E-state index in [1.165, 1.54) is 12.1 Å². The molecule has 0 spiro atoms. The zero-order valence-corrected chi connectivity index (χ0v) is 21.2. The van der Waals surface area contributed by atoms with Crippen LogP contribution in [0.4, 0.5) is 5.69 Å². The second-order valence-corrected chi connectivity index (χ2v) is 9.49. The summed E-state index contributed by atoms with van der Waals surface area (Å²) in [4.78, 5) is 20.4. The molecule has 37 heavy (non-hydrogen) atoms. The summed E-state index contributed by atoms with van der Waals surface area (Å²) in [6, 6.07) is 17.4. The number of aliphatic imine (C=N–C) groups is 1. The molecule has 5 N–H and O–H groups in total. The van der Waals surface area contributed by atoms with Crippen LogP contribution in [0.25, 0.3) is 0 Å². The van der Waals surface area contributed by atoms with Gasteiger partial charge in [-0.2, -0.15) is 0 Å². The molecular weight excluding hydrogens is 494 g/mol. The molecule has 0 aliphatic carbocycles. The Morgan fingerprint density at radius 2 is 1.86 bits per heavy atom. The standard InChI is InChI=1S/C27H28ClN5O4/c1-15-31-32-27-21(13-25(36)29-14-16-3-10-23(34)24(35)11-16)30-26(17-4-6-18(28)7-5-17)20-12-19(37-2)8-9-22(20)33(15)27/h3-12,15,21,27,31-32,34-35H,13-14H2,1-2H3,(H,29,36). The molecule has 1 amide bonds. The molecule has 0 radical (unpaired) electrons. The highest BCUT2D eigenvalue weighted by atomic mass is 35.5. The lowest BCUT2D eigenvalue weighted by Crippen LogP contribution is -2.47. The first-order valence-corrected chi connectivity index (χ1v) is 12.3. The number of ether oxygens (including phenoxy) is 1. The van der Waals surface area contributed by atoms with E-state index in [2.05, 4.69) is 21.1 Å². The van der Waals surface area contributed by atoms with Gasteiger partial charge < -0.3 is 25.2 Å². The van der Waals surface area contributed by atoms with E-state index in [1.54, 1.807) is 13.2 Å². The van der Waals surface area contributed by atoms with Crippen molar-refractivity contribution in [1.82, 2.24) is 16.2 Å². The summed E-state index contributed by atoms with van der Waals surface area (Å²) >= 11 is 6.16. The quantitative estimate of drug-likeness (QED) is 0.316. The molecule has 1 saturated heterocycles. The molecule has 10 heteroatoms. The number of phenols is 2. The van der Waals surface area contributed by atoms with Gasteiger partial charge in [-0.1, -0.05) is 29.8 Å². The minimum Gasteiger partial charge on any atom is -0.504 e. The van der Waals surface area contributed by atoms with E-state index in [0.29, 0.717) is 16.3 Å². The van der Waals surface area contributed by atoms with Gasteiger partial charge in [0.25, 0.3) is 0 Å². The van der Waals surface area contributed by atoms with Crippen LogP contribution in [0.2, 0.25) is 5.02 Å². The number of aromatic hydroxyl groups is 2. The average molecular weight is 522 g/mol. The Hall–Kier alpha value is -3.79. The second kappa shape index (κ2) is 10.3. The third-order valence-corrected chi connectivity index (χ3v) is 6.85. The fourth-order valence-electron chi connectivity index (χ4n) is 4.73. The summed E-state index contributed by atoms with van der Waals surface area (Å²) in [6.07, 6.45) is -0.215. The summed E-state index contributed by atoms with van der Waals surface area (Å²) in [5, 5.41) is 22.8. The van der Waals surface area contributed by atoms with Gasteiger partial charge in [0, 0.05) is 28.4 Å². The van der Waals surface area contributed by atoms with Crippen LogP contribution in [-0.4, -0.2) is 47.3 Å². The maximum atomic E-state index is 13.1. The molecule has 3 atom stereocenters. The molecular formula is C27H28ClN5O4. The number of amides is 1. The maximum Gasteiger partial charge on any atom is 0.222 e. The molecule has 0 saturated carbocycles. The minimum absolute atomic E-state index is 0.0533. The predicted octanol–water partition coefficient (Wildman–Crippen LogP) is 3.27. The van der Waals surface area contributed by atoms with Gasteiger partial charge >= 0.3 is 0 Å². The smallest absolute Gasteiger partial charge is 0.222 e. The van der Waals surface area contributed by atoms with E-state index in [4.69, 9.17) is 21.3 Å². The zero-order valence-electron chi connectivity index (χ0n) is 20.4. The Bertz CT molecular complexity index is 1350. The van der Waals surface area contributed by atoms with Crippen LogP contribution in [0, 0.1) is 0 Å². The summed E-state index contributed by atoms with van der Waals surface area (Å²) in [5.74, 6) is 0.0780. The van der Waals surface area contributed by atoms with Gasteiger partial charge in [0.1, 0.15) is 11.9 Å². The van der Waals surface area contributed by atoms with Crippen LogP contribution < -0.4 is 25.8 Å². The number of phenolic OH excluding ortho intramolecular Hbond substituents is 2. The van der Waals surface area contributed by atoms with Crippen molar-refractivity contribution >= 4 is 28.9 Å². The van der Waals surface area contributed by atoms with E-state index in [0.717, 1.165) is 22.5 Å². The van der Waals surface area contributed by atoms with Crippen molar-refractivity contribution in [3.8, 4) is 17.2 Å². The highest BCUT2D eigenvalue weighted by molar-refractivity contribution is 6.30. The third-order valence-electron chi connectivity index (χ3n) is 6.60. The van der Waals surface area contributed by atoms with Gasteiger partial charge in [-0.25, -0.2) is 10.9 Å². The normalized spacial score (nSPS) is 20.5. The fourth-order valence-corrected chi connectivity index (χ4v) is 4.85. The number of rotatable bonds is 6. The first-order chi connectivity index (χ1) is 17.8. The first kappa shape index (κ1) is 24.9. The average Bonchev–Trinajstić information content (AvgIpc) is 3.22. The number of nitrogens with one attached hydrogen (secondary N) is 3. The Morgan fingerprint density at radius 3 is 2.59 bits per heavy atom. The number of methoxy groups -OCH3 is 1. The van der Waals surface area contributed by atoms with E-state index in [9.17, 15) is 15.0 Å². The molecule has 192 valence electrons. The number of hydrogen-bond acceptors (Lipinski definition) is 8. The van der Waals surface area contributed by atoms with Gasteiger partial charge in [-0.3, -0.25) is 9.79 Å². The lowest BCUT2D eigenvalue weighted by Gasteiger charge is -2.31. The number of anilines is 1. The number of nitrogens with zero attached hydrogens (tertiary/aromatic N) is 2. The third kappa shape index (κ3) is 5.06. The lowest BCUT2D eigenvalue weighted by molar-refractivity contribution is -0.121. The number of hydrazine groups is 1. The number of hydrogen-bond donors (Lipinski definition) is 5. The Labute approximate surface area is 219 Å². The van der Waals surface area contributed by atoms with Crippen LogP contribution in [0.5, 0.6) is 17.2 Å². The number of benzene rings is 3. The van der Waals surface area contributed by atoms with E-state index < -0.39 is 6.04 Å². The van der Waals surface area contributed by atoms with Crippen molar-refractivity contribution in [2.24, 2.45) is 4.99 Å². The second-order valence-electron chi connectivity index (χ2n) is 9.06. The number of carbonyl (C=O) groups excluding carboxylic acids is 1. The largest absolute Gasteiger partial charge is 0.504 e. The Morgan fingerprint density at radius 1 is 1.08 bits per heavy atom. The molecule has 2 aliphatic heterocycles. The Balaban J connectivity index is 1.49. The molecule has 5 rings (SSSR count).